The number of hydrogen-bond acceptors (Lipinski definition) is 6. The number of hydrogen-bond donors (Lipinski definition) is 1. The summed E-state index contributed by atoms with van der Waals surface area (Å²) >= 11 is 1.31. The van der Waals surface area contributed by atoms with Crippen molar-refractivity contribution in [1.82, 2.24) is 30.0 Å². The van der Waals surface area contributed by atoms with Crippen LogP contribution in [-0.4, -0.2) is 49.0 Å². The van der Waals surface area contributed by atoms with Crippen molar-refractivity contribution in [3.05, 3.63) is 47.2 Å². The van der Waals surface area contributed by atoms with Crippen molar-refractivity contribution in [3.63, 3.8) is 0 Å². The first-order valence-corrected chi connectivity index (χ1v) is 9.44. The molecule has 7 nitrogen and oxygen atoms in total. The van der Waals surface area contributed by atoms with Crippen LogP contribution in [-0.2, 0) is 6.18 Å². The first-order valence-electron chi connectivity index (χ1n) is 8.56. The van der Waals surface area contributed by atoms with E-state index < -0.39 is 11.9 Å². The molecule has 0 aromatic carbocycles. The Bertz CT molecular complexity index is 958. The molecule has 1 fully saturated rings. The number of carbonyl (C=O) groups is 1. The molecular formula is C17H15F3N6OS. The average Bonchev–Trinajstić information content (AvgIpc) is 3.40. The molecule has 28 heavy (non-hydrogen) atoms. The topological polar surface area (TPSA) is 87.7 Å². The molecule has 3 aromatic rings. The van der Waals surface area contributed by atoms with Gasteiger partial charge in [-0.3, -0.25) is 9.89 Å². The van der Waals surface area contributed by atoms with Gasteiger partial charge < -0.3 is 4.90 Å². The lowest BCUT2D eigenvalue weighted by molar-refractivity contribution is -0.141. The van der Waals surface area contributed by atoms with Gasteiger partial charge in [0.1, 0.15) is 17.8 Å². The number of alkyl halides is 3. The maximum Gasteiger partial charge on any atom is 0.433 e. The maximum atomic E-state index is 13.4. The fourth-order valence-electron chi connectivity index (χ4n) is 3.17. The summed E-state index contributed by atoms with van der Waals surface area (Å²) in [7, 11) is 0. The third kappa shape index (κ3) is 3.75. The molecule has 11 heteroatoms. The Kier molecular flexibility index (Phi) is 4.84. The van der Waals surface area contributed by atoms with Gasteiger partial charge in [0.05, 0.1) is 10.6 Å². The maximum absolute atomic E-state index is 13.4. The van der Waals surface area contributed by atoms with Gasteiger partial charge in [0.2, 0.25) is 5.82 Å². The number of carbonyl (C=O) groups excluding carboxylic acids is 1. The molecule has 146 valence electrons. The summed E-state index contributed by atoms with van der Waals surface area (Å²) in [6.07, 6.45) is -2.10. The SMILES string of the molecule is O=C(c1ncn[nH]1)N1CCC[C@@H](c2nc(-c3cccs3)cc(C(F)(F)F)n2)C1. The van der Waals surface area contributed by atoms with E-state index >= 15 is 0 Å². The second-order valence-electron chi connectivity index (χ2n) is 6.40. The van der Waals surface area contributed by atoms with Crippen molar-refractivity contribution in [2.24, 2.45) is 0 Å². The molecule has 0 aliphatic carbocycles. The van der Waals surface area contributed by atoms with Gasteiger partial charge in [0, 0.05) is 19.0 Å². The van der Waals surface area contributed by atoms with Crippen LogP contribution in [0.2, 0.25) is 0 Å². The summed E-state index contributed by atoms with van der Waals surface area (Å²) in [6, 6.07) is 4.45. The van der Waals surface area contributed by atoms with E-state index in [1.165, 1.54) is 17.7 Å². The lowest BCUT2D eigenvalue weighted by Gasteiger charge is -2.31. The van der Waals surface area contributed by atoms with Gasteiger partial charge in [-0.1, -0.05) is 6.07 Å². The zero-order chi connectivity index (χ0) is 19.7. The Hall–Kier alpha value is -2.82. The van der Waals surface area contributed by atoms with E-state index in [9.17, 15) is 18.0 Å². The van der Waals surface area contributed by atoms with Gasteiger partial charge >= 0.3 is 6.18 Å². The molecule has 4 heterocycles. The van der Waals surface area contributed by atoms with Crippen LogP contribution in [0.4, 0.5) is 13.2 Å². The van der Waals surface area contributed by atoms with Crippen LogP contribution in [0.15, 0.2) is 29.9 Å². The number of aromatic amines is 1. The lowest BCUT2D eigenvalue weighted by Crippen LogP contribution is -2.40. The second kappa shape index (κ2) is 7.30. The van der Waals surface area contributed by atoms with E-state index in [0.717, 1.165) is 6.07 Å². The summed E-state index contributed by atoms with van der Waals surface area (Å²) in [5, 5.41) is 7.96. The number of H-pyrrole nitrogens is 1. The summed E-state index contributed by atoms with van der Waals surface area (Å²) in [6.45, 7) is 0.720. The number of likely N-dealkylation sites (tertiary alicyclic amines) is 1. The molecule has 1 saturated heterocycles. The van der Waals surface area contributed by atoms with E-state index in [2.05, 4.69) is 25.1 Å². The van der Waals surface area contributed by atoms with Crippen molar-refractivity contribution in [3.8, 4) is 10.6 Å². The molecule has 1 N–H and O–H groups in total. The van der Waals surface area contributed by atoms with Crippen LogP contribution in [0.3, 0.4) is 0 Å². The van der Waals surface area contributed by atoms with E-state index in [1.54, 1.807) is 22.4 Å². The van der Waals surface area contributed by atoms with Crippen LogP contribution in [0.5, 0.6) is 0 Å². The Labute approximate surface area is 161 Å². The number of piperidine rings is 1. The number of nitrogens with zero attached hydrogens (tertiary/aromatic N) is 5. The number of halogens is 3. The zero-order valence-electron chi connectivity index (χ0n) is 14.5. The van der Waals surface area contributed by atoms with Gasteiger partial charge in [-0.2, -0.15) is 18.3 Å². The molecule has 0 saturated carbocycles. The predicted octanol–water partition coefficient (Wildman–Crippen LogP) is 3.36. The van der Waals surface area contributed by atoms with Gasteiger partial charge in [-0.05, 0) is 30.4 Å². The number of rotatable bonds is 3. The minimum Gasteiger partial charge on any atom is -0.335 e. The molecule has 4 rings (SSSR count). The van der Waals surface area contributed by atoms with Crippen LogP contribution in [0.1, 0.15) is 40.9 Å². The van der Waals surface area contributed by atoms with Crippen molar-refractivity contribution < 1.29 is 18.0 Å². The average molecular weight is 408 g/mol. The smallest absolute Gasteiger partial charge is 0.335 e. The molecule has 1 atom stereocenters. The highest BCUT2D eigenvalue weighted by Gasteiger charge is 2.36. The first kappa shape index (κ1) is 18.5. The Morgan fingerprint density at radius 1 is 1.32 bits per heavy atom. The van der Waals surface area contributed by atoms with Crippen molar-refractivity contribution in [1.29, 1.82) is 0 Å². The first-order chi connectivity index (χ1) is 13.4. The lowest BCUT2D eigenvalue weighted by atomic mass is 9.96. The molecule has 3 aromatic heterocycles. The normalized spacial score (nSPS) is 17.7. The number of aromatic nitrogens is 5. The molecule has 1 amide bonds. The van der Waals surface area contributed by atoms with Crippen LogP contribution < -0.4 is 0 Å². The minimum atomic E-state index is -4.58. The van der Waals surface area contributed by atoms with Gasteiger partial charge in [-0.15, -0.1) is 11.3 Å². The zero-order valence-corrected chi connectivity index (χ0v) is 15.3. The van der Waals surface area contributed by atoms with E-state index in [0.29, 0.717) is 24.3 Å². The highest BCUT2D eigenvalue weighted by atomic mass is 32.1. The molecule has 1 aliphatic heterocycles. The predicted molar refractivity (Wildman–Crippen MR) is 94.6 cm³/mol. The standard InChI is InChI=1S/C17H15F3N6OS/c18-17(19,20)13-7-11(12-4-2-6-28-12)23-14(24-13)10-3-1-5-26(8-10)16(27)15-21-9-22-25-15/h2,4,6-7,9-10H,1,3,5,8H2,(H,21,22,25)/t10-/m1/s1. The molecule has 0 unspecified atom stereocenters. The van der Waals surface area contributed by atoms with Gasteiger partial charge in [0.25, 0.3) is 5.91 Å². The fourth-order valence-corrected chi connectivity index (χ4v) is 3.86. The van der Waals surface area contributed by atoms with E-state index in [1.807, 2.05) is 0 Å². The molecular weight excluding hydrogens is 393 g/mol. The monoisotopic (exact) mass is 408 g/mol. The third-order valence-electron chi connectivity index (χ3n) is 4.50. The molecule has 1 aliphatic rings. The van der Waals surface area contributed by atoms with Crippen molar-refractivity contribution in [2.75, 3.05) is 13.1 Å². The highest BCUT2D eigenvalue weighted by molar-refractivity contribution is 7.13. The number of thiophene rings is 1. The third-order valence-corrected chi connectivity index (χ3v) is 5.39. The van der Waals surface area contributed by atoms with E-state index in [-0.39, 0.29) is 35.7 Å². The number of nitrogens with one attached hydrogen (secondary N) is 1. The quantitative estimate of drug-likeness (QED) is 0.718. The van der Waals surface area contributed by atoms with Crippen molar-refractivity contribution >= 4 is 17.2 Å². The summed E-state index contributed by atoms with van der Waals surface area (Å²) in [5.41, 5.74) is -0.731. The largest absolute Gasteiger partial charge is 0.433 e. The Morgan fingerprint density at radius 2 is 2.18 bits per heavy atom. The van der Waals surface area contributed by atoms with Crippen molar-refractivity contribution in [2.45, 2.75) is 24.9 Å². The summed E-state index contributed by atoms with van der Waals surface area (Å²) in [4.78, 5) is 26.7. The Balaban J connectivity index is 1.65. The molecule has 0 radical (unpaired) electrons. The fraction of sp³-hybridized carbons (Fsp3) is 0.353. The van der Waals surface area contributed by atoms with Gasteiger partial charge in [-0.25, -0.2) is 15.0 Å². The number of amides is 1. The summed E-state index contributed by atoms with van der Waals surface area (Å²) < 4.78 is 40.1. The molecule has 0 spiro atoms. The minimum absolute atomic E-state index is 0.102. The van der Waals surface area contributed by atoms with E-state index in [4.69, 9.17) is 0 Å². The van der Waals surface area contributed by atoms with Gasteiger partial charge in [0.15, 0.2) is 0 Å². The molecule has 0 bridgehead atoms. The summed E-state index contributed by atoms with van der Waals surface area (Å²) in [5.74, 6) is -0.521. The van der Waals surface area contributed by atoms with Crippen LogP contribution in [0, 0.1) is 0 Å². The second-order valence-corrected chi connectivity index (χ2v) is 7.34. The Morgan fingerprint density at radius 3 is 2.86 bits per heavy atom. The van der Waals surface area contributed by atoms with Crippen LogP contribution >= 0.6 is 11.3 Å². The van der Waals surface area contributed by atoms with Crippen LogP contribution in [0.25, 0.3) is 10.6 Å². The highest BCUT2D eigenvalue weighted by Crippen LogP contribution is 2.34.